The number of carbonyl (C=O) groups is 1. The second-order valence-electron chi connectivity index (χ2n) is 9.01. The molecule has 33 heavy (non-hydrogen) atoms. The highest BCUT2D eigenvalue weighted by molar-refractivity contribution is 5.99. The van der Waals surface area contributed by atoms with Gasteiger partial charge in [0.2, 0.25) is 5.76 Å². The van der Waals surface area contributed by atoms with E-state index in [1.165, 1.54) is 0 Å². The molecule has 0 saturated heterocycles. The van der Waals surface area contributed by atoms with Gasteiger partial charge in [-0.05, 0) is 57.3 Å². The van der Waals surface area contributed by atoms with Crippen LogP contribution in [0.3, 0.4) is 0 Å². The minimum atomic E-state index is -0.507. The van der Waals surface area contributed by atoms with Crippen molar-refractivity contribution in [2.45, 2.75) is 39.2 Å². The van der Waals surface area contributed by atoms with Crippen molar-refractivity contribution in [3.63, 3.8) is 0 Å². The van der Waals surface area contributed by atoms with Crippen molar-refractivity contribution in [2.24, 2.45) is 0 Å². The van der Waals surface area contributed by atoms with Gasteiger partial charge in [0, 0.05) is 13.1 Å². The molecule has 174 valence electrons. The van der Waals surface area contributed by atoms with Gasteiger partial charge < -0.3 is 19.0 Å². The summed E-state index contributed by atoms with van der Waals surface area (Å²) in [5, 5.41) is 0.507. The quantitative estimate of drug-likeness (QED) is 0.441. The molecule has 2 heterocycles. The first-order valence-electron chi connectivity index (χ1n) is 11.7. The van der Waals surface area contributed by atoms with Crippen molar-refractivity contribution in [2.75, 3.05) is 33.8 Å². The molecule has 0 fully saturated rings. The van der Waals surface area contributed by atoms with Crippen molar-refractivity contribution in [3.8, 4) is 5.75 Å². The number of hydrogen-bond donors (Lipinski definition) is 0. The van der Waals surface area contributed by atoms with Gasteiger partial charge in [0.25, 0.3) is 5.91 Å². The highest BCUT2D eigenvalue weighted by Crippen LogP contribution is 2.39. The van der Waals surface area contributed by atoms with Gasteiger partial charge in [-0.15, -0.1) is 0 Å². The molecule has 1 unspecified atom stereocenters. The molecular formula is C27H32N2O4. The van der Waals surface area contributed by atoms with Crippen LogP contribution in [0.5, 0.6) is 5.75 Å². The first kappa shape index (κ1) is 23.1. The predicted octanol–water partition coefficient (Wildman–Crippen LogP) is 4.78. The minimum Gasteiger partial charge on any atom is -0.494 e. The van der Waals surface area contributed by atoms with Crippen LogP contribution in [0, 0.1) is 6.92 Å². The number of benzene rings is 2. The molecule has 4 rings (SSSR count). The summed E-state index contributed by atoms with van der Waals surface area (Å²) in [6.07, 6.45) is 3.25. The van der Waals surface area contributed by atoms with Gasteiger partial charge in [-0.2, -0.15) is 0 Å². The molecule has 0 N–H and O–H groups in total. The van der Waals surface area contributed by atoms with E-state index in [2.05, 4.69) is 6.92 Å². The van der Waals surface area contributed by atoms with Gasteiger partial charge in [0.1, 0.15) is 11.3 Å². The summed E-state index contributed by atoms with van der Waals surface area (Å²) in [5.41, 5.74) is 2.55. The van der Waals surface area contributed by atoms with Gasteiger partial charge in [-0.1, -0.05) is 43.5 Å². The maximum Gasteiger partial charge on any atom is 0.290 e. The maximum atomic E-state index is 13.6. The Kier molecular flexibility index (Phi) is 6.84. The lowest BCUT2D eigenvalue weighted by Gasteiger charge is -2.26. The number of rotatable bonds is 9. The molecule has 6 nitrogen and oxygen atoms in total. The molecule has 0 bridgehead atoms. The number of ether oxygens (including phenoxy) is 1. The fourth-order valence-electron chi connectivity index (χ4n) is 4.34. The molecule has 0 radical (unpaired) electrons. The summed E-state index contributed by atoms with van der Waals surface area (Å²) in [6, 6.07) is 12.7. The summed E-state index contributed by atoms with van der Waals surface area (Å²) < 4.78 is 12.0. The normalized spacial score (nSPS) is 15.5. The first-order chi connectivity index (χ1) is 15.9. The van der Waals surface area contributed by atoms with Crippen LogP contribution in [-0.2, 0) is 0 Å². The zero-order chi connectivity index (χ0) is 23.5. The lowest BCUT2D eigenvalue weighted by Crippen LogP contribution is -2.35. The summed E-state index contributed by atoms with van der Waals surface area (Å²) in [5.74, 6) is 0.651. The van der Waals surface area contributed by atoms with Crippen LogP contribution in [0.25, 0.3) is 11.0 Å². The molecule has 1 aliphatic rings. The van der Waals surface area contributed by atoms with Crippen molar-refractivity contribution in [1.29, 1.82) is 0 Å². The van der Waals surface area contributed by atoms with Crippen LogP contribution >= 0.6 is 0 Å². The number of amides is 1. The van der Waals surface area contributed by atoms with E-state index in [1.54, 1.807) is 11.0 Å². The first-order valence-corrected chi connectivity index (χ1v) is 11.7. The molecule has 3 aromatic rings. The van der Waals surface area contributed by atoms with E-state index in [9.17, 15) is 9.59 Å². The smallest absolute Gasteiger partial charge is 0.290 e. The van der Waals surface area contributed by atoms with Crippen molar-refractivity contribution in [3.05, 3.63) is 75.1 Å². The van der Waals surface area contributed by atoms with Gasteiger partial charge in [-0.3, -0.25) is 9.59 Å². The third-order valence-corrected chi connectivity index (χ3v) is 6.10. The highest BCUT2D eigenvalue weighted by atomic mass is 16.5. The molecule has 0 spiro atoms. The molecular weight excluding hydrogens is 416 g/mol. The fourth-order valence-corrected chi connectivity index (χ4v) is 4.34. The Labute approximate surface area is 194 Å². The Morgan fingerprint density at radius 1 is 1.09 bits per heavy atom. The number of carbonyl (C=O) groups excluding carboxylic acids is 1. The topological polar surface area (TPSA) is 63.0 Å². The number of nitrogens with zero attached hydrogens (tertiary/aromatic N) is 2. The Morgan fingerprint density at radius 2 is 1.91 bits per heavy atom. The van der Waals surface area contributed by atoms with E-state index in [1.807, 2.05) is 62.3 Å². The molecule has 1 aromatic heterocycles. The van der Waals surface area contributed by atoms with Gasteiger partial charge in [-0.25, -0.2) is 0 Å². The maximum absolute atomic E-state index is 13.6. The van der Waals surface area contributed by atoms with Crippen molar-refractivity contribution < 1.29 is 13.9 Å². The molecule has 0 saturated carbocycles. The third kappa shape index (κ3) is 4.67. The van der Waals surface area contributed by atoms with Gasteiger partial charge in [0.05, 0.1) is 23.6 Å². The summed E-state index contributed by atoms with van der Waals surface area (Å²) >= 11 is 0. The lowest BCUT2D eigenvalue weighted by atomic mass is 9.98. The van der Waals surface area contributed by atoms with Crippen LogP contribution in [0.2, 0.25) is 0 Å². The third-order valence-electron chi connectivity index (χ3n) is 6.10. The van der Waals surface area contributed by atoms with Crippen LogP contribution in [-0.4, -0.2) is 49.5 Å². The Hall–Kier alpha value is -3.12. The Bertz CT molecular complexity index is 1210. The average molecular weight is 449 g/mol. The molecule has 1 amide bonds. The van der Waals surface area contributed by atoms with Crippen LogP contribution in [0.15, 0.2) is 51.7 Å². The highest BCUT2D eigenvalue weighted by Gasteiger charge is 2.42. The summed E-state index contributed by atoms with van der Waals surface area (Å²) in [7, 11) is 3.93. The van der Waals surface area contributed by atoms with Gasteiger partial charge >= 0.3 is 0 Å². The monoisotopic (exact) mass is 448 g/mol. The molecule has 2 aromatic carbocycles. The Balaban J connectivity index is 1.80. The van der Waals surface area contributed by atoms with Crippen molar-refractivity contribution in [1.82, 2.24) is 9.80 Å². The molecule has 6 heteroatoms. The standard InChI is InChI=1S/C27H32N2O4/c1-5-6-7-15-32-20-10-8-9-19(17-20)24-23-25(30)21-16-18(2)11-12-22(21)33-26(23)27(31)29(24)14-13-28(3)4/h8-12,16-17,24H,5-7,13-15H2,1-4H3. The molecule has 0 aliphatic carbocycles. The summed E-state index contributed by atoms with van der Waals surface area (Å²) in [4.78, 5) is 30.8. The van der Waals surface area contributed by atoms with Crippen LogP contribution in [0.4, 0.5) is 0 Å². The lowest BCUT2D eigenvalue weighted by molar-refractivity contribution is 0.0716. The number of unbranched alkanes of at least 4 members (excludes halogenated alkanes) is 2. The van der Waals surface area contributed by atoms with Crippen molar-refractivity contribution >= 4 is 16.9 Å². The fraction of sp³-hybridized carbons (Fsp3) is 0.407. The van der Waals surface area contributed by atoms with E-state index in [0.717, 1.165) is 36.1 Å². The zero-order valence-corrected chi connectivity index (χ0v) is 19.9. The largest absolute Gasteiger partial charge is 0.494 e. The second-order valence-corrected chi connectivity index (χ2v) is 9.01. The SMILES string of the molecule is CCCCCOc1cccc(C2c3c(oc4ccc(C)cc4c3=O)C(=O)N2CCN(C)C)c1. The number of aryl methyl sites for hydroxylation is 1. The average Bonchev–Trinajstić information content (AvgIpc) is 3.08. The van der Waals surface area contributed by atoms with E-state index in [0.29, 0.717) is 36.2 Å². The Morgan fingerprint density at radius 3 is 2.67 bits per heavy atom. The van der Waals surface area contributed by atoms with Crippen LogP contribution in [0.1, 0.15) is 59.5 Å². The second kappa shape index (κ2) is 9.79. The van der Waals surface area contributed by atoms with E-state index in [-0.39, 0.29) is 17.1 Å². The minimum absolute atomic E-state index is 0.144. The van der Waals surface area contributed by atoms with Gasteiger partial charge in [0.15, 0.2) is 5.43 Å². The predicted molar refractivity (Wildman–Crippen MR) is 130 cm³/mol. The number of hydrogen-bond acceptors (Lipinski definition) is 5. The molecule has 1 aliphatic heterocycles. The molecule has 1 atom stereocenters. The number of fused-ring (bicyclic) bond motifs is 2. The zero-order valence-electron chi connectivity index (χ0n) is 19.9. The van der Waals surface area contributed by atoms with E-state index in [4.69, 9.17) is 9.15 Å². The summed E-state index contributed by atoms with van der Waals surface area (Å²) in [6.45, 7) is 5.91. The van der Waals surface area contributed by atoms with E-state index < -0.39 is 6.04 Å². The number of likely N-dealkylation sites (N-methyl/N-ethyl adjacent to an activating group) is 1. The van der Waals surface area contributed by atoms with Crippen LogP contribution < -0.4 is 10.2 Å². The van der Waals surface area contributed by atoms with E-state index >= 15 is 0 Å².